The van der Waals surface area contributed by atoms with Crippen molar-refractivity contribution < 1.29 is 19.4 Å². The van der Waals surface area contributed by atoms with Crippen LogP contribution in [0.5, 0.6) is 5.75 Å². The number of hydrogen-bond acceptors (Lipinski definition) is 5. The van der Waals surface area contributed by atoms with Gasteiger partial charge in [0.2, 0.25) is 11.8 Å². The van der Waals surface area contributed by atoms with Crippen LogP contribution >= 0.6 is 0 Å². The lowest BCUT2D eigenvalue weighted by Crippen LogP contribution is -2.51. The van der Waals surface area contributed by atoms with E-state index in [0.29, 0.717) is 25.9 Å². The molecule has 1 saturated carbocycles. The van der Waals surface area contributed by atoms with Gasteiger partial charge in [-0.1, -0.05) is 18.7 Å². The van der Waals surface area contributed by atoms with Gasteiger partial charge in [0.1, 0.15) is 12.4 Å². The van der Waals surface area contributed by atoms with Crippen molar-refractivity contribution in [2.24, 2.45) is 0 Å². The zero-order valence-corrected chi connectivity index (χ0v) is 20.5. The van der Waals surface area contributed by atoms with Gasteiger partial charge in [0, 0.05) is 30.4 Å². The maximum atomic E-state index is 12.9. The molecule has 3 aliphatic heterocycles. The molecule has 0 aromatic heterocycles. The third-order valence-corrected chi connectivity index (χ3v) is 8.50. The standard InChI is InChI=1S/C29H33N3O4/c1-2-19-3-6-25-24(15-19)29(28(35)30-25)9-11-31(12-10-29)13-14-36-23-5-7-26-20(16-23)4-8-27(34)32(26)21-17-22(33)18-21/h2-3,5-7,15-16,21-22,33H,1,4,8-14,17-18H2,(H,30,35)/t21-,22-. The Morgan fingerprint density at radius 3 is 2.67 bits per heavy atom. The number of ether oxygens (including phenoxy) is 1. The largest absolute Gasteiger partial charge is 0.492 e. The molecule has 6 rings (SSSR count). The fourth-order valence-corrected chi connectivity index (χ4v) is 6.26. The number of rotatable bonds is 6. The molecule has 1 saturated heterocycles. The number of hydrogen-bond donors (Lipinski definition) is 2. The molecule has 2 fully saturated rings. The van der Waals surface area contributed by atoms with Crippen molar-refractivity contribution in [3.63, 3.8) is 0 Å². The van der Waals surface area contributed by atoms with E-state index < -0.39 is 5.41 Å². The molecule has 0 unspecified atom stereocenters. The lowest BCUT2D eigenvalue weighted by atomic mass is 9.73. The summed E-state index contributed by atoms with van der Waals surface area (Å²) < 4.78 is 6.10. The molecule has 7 heteroatoms. The molecule has 1 spiro atoms. The molecule has 1 aliphatic carbocycles. The van der Waals surface area contributed by atoms with Crippen molar-refractivity contribution in [2.75, 3.05) is 36.5 Å². The number of fused-ring (bicyclic) bond motifs is 3. The second-order valence-electron chi connectivity index (χ2n) is 10.6. The molecule has 2 aromatic carbocycles. The maximum absolute atomic E-state index is 12.9. The van der Waals surface area contributed by atoms with E-state index in [1.54, 1.807) is 0 Å². The number of piperidine rings is 1. The quantitative estimate of drug-likeness (QED) is 0.652. The molecule has 0 bridgehead atoms. The topological polar surface area (TPSA) is 82.1 Å². The predicted molar refractivity (Wildman–Crippen MR) is 139 cm³/mol. The molecule has 2 N–H and O–H groups in total. The molecule has 188 valence electrons. The fraction of sp³-hybridized carbons (Fsp3) is 0.448. The monoisotopic (exact) mass is 487 g/mol. The van der Waals surface area contributed by atoms with E-state index in [4.69, 9.17) is 4.74 Å². The first kappa shape index (κ1) is 23.3. The van der Waals surface area contributed by atoms with E-state index in [0.717, 1.165) is 72.7 Å². The molecular weight excluding hydrogens is 454 g/mol. The number of amides is 2. The third-order valence-electron chi connectivity index (χ3n) is 8.50. The van der Waals surface area contributed by atoms with Crippen molar-refractivity contribution in [1.29, 1.82) is 0 Å². The van der Waals surface area contributed by atoms with Crippen LogP contribution in [0.1, 0.15) is 48.8 Å². The Morgan fingerprint density at radius 2 is 1.92 bits per heavy atom. The van der Waals surface area contributed by atoms with Gasteiger partial charge in [-0.05, 0) is 92.2 Å². The summed E-state index contributed by atoms with van der Waals surface area (Å²) in [7, 11) is 0. The van der Waals surface area contributed by atoms with E-state index in [1.807, 2.05) is 35.2 Å². The average Bonchev–Trinajstić information content (AvgIpc) is 3.13. The van der Waals surface area contributed by atoms with E-state index in [-0.39, 0.29) is 24.0 Å². The predicted octanol–water partition coefficient (Wildman–Crippen LogP) is 3.50. The van der Waals surface area contributed by atoms with Gasteiger partial charge >= 0.3 is 0 Å². The smallest absolute Gasteiger partial charge is 0.235 e. The second-order valence-corrected chi connectivity index (χ2v) is 10.6. The number of benzene rings is 2. The molecule has 0 radical (unpaired) electrons. The van der Waals surface area contributed by atoms with Crippen molar-refractivity contribution in [2.45, 2.75) is 56.1 Å². The normalized spacial score (nSPS) is 24.6. The summed E-state index contributed by atoms with van der Waals surface area (Å²) in [4.78, 5) is 29.7. The van der Waals surface area contributed by atoms with Crippen LogP contribution < -0.4 is 15.0 Å². The van der Waals surface area contributed by atoms with Crippen molar-refractivity contribution >= 4 is 29.3 Å². The minimum Gasteiger partial charge on any atom is -0.492 e. The lowest BCUT2D eigenvalue weighted by molar-refractivity contribution is -0.122. The number of aryl methyl sites for hydroxylation is 1. The summed E-state index contributed by atoms with van der Waals surface area (Å²) in [6.45, 7) is 6.95. The van der Waals surface area contributed by atoms with E-state index in [2.05, 4.69) is 28.9 Å². The Bertz CT molecular complexity index is 1210. The number of aliphatic hydroxyl groups excluding tert-OH is 1. The minimum atomic E-state index is -0.440. The van der Waals surface area contributed by atoms with Gasteiger partial charge in [-0.25, -0.2) is 0 Å². The summed E-state index contributed by atoms with van der Waals surface area (Å²) in [5.74, 6) is 1.09. The van der Waals surface area contributed by atoms with Crippen LogP contribution in [0.25, 0.3) is 6.08 Å². The van der Waals surface area contributed by atoms with Crippen LogP contribution in [0.2, 0.25) is 0 Å². The van der Waals surface area contributed by atoms with Gasteiger partial charge in [0.05, 0.1) is 11.5 Å². The summed E-state index contributed by atoms with van der Waals surface area (Å²) in [6.07, 6.45) is 5.67. The van der Waals surface area contributed by atoms with Crippen molar-refractivity contribution in [1.82, 2.24) is 4.90 Å². The molecular formula is C29H33N3O4. The lowest BCUT2D eigenvalue weighted by Gasteiger charge is -2.43. The first-order valence-electron chi connectivity index (χ1n) is 13.0. The molecule has 2 aromatic rings. The Morgan fingerprint density at radius 1 is 1.11 bits per heavy atom. The molecule has 2 amide bonds. The van der Waals surface area contributed by atoms with E-state index in [1.165, 1.54) is 0 Å². The van der Waals surface area contributed by atoms with Crippen molar-refractivity contribution in [3.8, 4) is 5.75 Å². The Kier molecular flexibility index (Phi) is 5.85. The van der Waals surface area contributed by atoms with Gasteiger partial charge in [0.15, 0.2) is 0 Å². The second kappa shape index (κ2) is 9.05. The molecule has 3 heterocycles. The summed E-state index contributed by atoms with van der Waals surface area (Å²) in [5, 5.41) is 12.8. The fourth-order valence-electron chi connectivity index (χ4n) is 6.26. The number of anilines is 2. The number of nitrogens with zero attached hydrogens (tertiary/aromatic N) is 2. The van der Waals surface area contributed by atoms with Crippen LogP contribution in [0.15, 0.2) is 43.0 Å². The van der Waals surface area contributed by atoms with Gasteiger partial charge in [-0.15, -0.1) is 0 Å². The van der Waals surface area contributed by atoms with Crippen molar-refractivity contribution in [3.05, 3.63) is 59.7 Å². The number of likely N-dealkylation sites (tertiary alicyclic amines) is 1. The summed E-state index contributed by atoms with van der Waals surface area (Å²) in [5.41, 5.74) is 4.75. The zero-order valence-electron chi connectivity index (χ0n) is 20.5. The van der Waals surface area contributed by atoms with Crippen LogP contribution in [-0.2, 0) is 21.4 Å². The SMILES string of the molecule is C=Cc1ccc2c(c1)C1(CCN(CCOc3ccc4c(c3)CCC(=O)N4[C@H]3C[C@H](O)C3)CC1)C(=O)N2. The van der Waals surface area contributed by atoms with Crippen LogP contribution in [0, 0.1) is 0 Å². The Balaban J connectivity index is 1.05. The van der Waals surface area contributed by atoms with Gasteiger partial charge < -0.3 is 20.1 Å². The van der Waals surface area contributed by atoms with Gasteiger partial charge in [-0.3, -0.25) is 14.5 Å². The van der Waals surface area contributed by atoms with Crippen LogP contribution in [0.4, 0.5) is 11.4 Å². The molecule has 4 aliphatic rings. The highest BCUT2D eigenvalue weighted by Gasteiger charge is 2.48. The minimum absolute atomic E-state index is 0.109. The molecule has 7 nitrogen and oxygen atoms in total. The molecule has 36 heavy (non-hydrogen) atoms. The number of carbonyl (C=O) groups is 2. The number of carbonyl (C=O) groups excluding carboxylic acids is 2. The highest BCUT2D eigenvalue weighted by atomic mass is 16.5. The average molecular weight is 488 g/mol. The van der Waals surface area contributed by atoms with Gasteiger partial charge in [-0.2, -0.15) is 0 Å². The summed E-state index contributed by atoms with van der Waals surface area (Å²) in [6, 6.07) is 12.2. The highest BCUT2D eigenvalue weighted by molar-refractivity contribution is 6.06. The zero-order chi connectivity index (χ0) is 24.9. The Labute approximate surface area is 211 Å². The molecule has 0 atom stereocenters. The number of aliphatic hydroxyl groups is 1. The third kappa shape index (κ3) is 3.91. The first-order chi connectivity index (χ1) is 17.5. The summed E-state index contributed by atoms with van der Waals surface area (Å²) >= 11 is 0. The van der Waals surface area contributed by atoms with E-state index in [9.17, 15) is 14.7 Å². The van der Waals surface area contributed by atoms with E-state index >= 15 is 0 Å². The van der Waals surface area contributed by atoms with Gasteiger partial charge in [0.25, 0.3) is 0 Å². The van der Waals surface area contributed by atoms with Crippen LogP contribution in [0.3, 0.4) is 0 Å². The van der Waals surface area contributed by atoms with Crippen LogP contribution in [-0.4, -0.2) is 60.2 Å². The Hall–Kier alpha value is -3.16. The maximum Gasteiger partial charge on any atom is 0.235 e. The first-order valence-corrected chi connectivity index (χ1v) is 13.0. The number of nitrogens with one attached hydrogen (secondary N) is 1. The highest BCUT2D eigenvalue weighted by Crippen LogP contribution is 2.45.